The highest BCUT2D eigenvalue weighted by atomic mass is 16.1. The van der Waals surface area contributed by atoms with Gasteiger partial charge in [0, 0.05) is 18.3 Å². The van der Waals surface area contributed by atoms with Crippen molar-refractivity contribution in [3.05, 3.63) is 71.8 Å². The van der Waals surface area contributed by atoms with Gasteiger partial charge in [0.15, 0.2) is 0 Å². The molecule has 3 heteroatoms. The number of nitrogens with zero attached hydrogens (tertiary/aromatic N) is 1. The van der Waals surface area contributed by atoms with Crippen molar-refractivity contribution in [2.24, 2.45) is 0 Å². The van der Waals surface area contributed by atoms with Gasteiger partial charge in [-0.15, -0.1) is 0 Å². The standard InChI is InChI=1S/C20H22N2O/c23-20(13-10-17-6-2-1-3-7-17)21-19-11-8-18(9-12-19)16-22-14-4-5-15-22/h1-3,6-13H,4-5,14-16H2,(H,21,23)/b13-10+. The Morgan fingerprint density at radius 3 is 2.39 bits per heavy atom. The van der Waals surface area contributed by atoms with E-state index in [1.165, 1.54) is 31.5 Å². The molecule has 0 aromatic heterocycles. The summed E-state index contributed by atoms with van der Waals surface area (Å²) in [6.07, 6.45) is 5.99. The Morgan fingerprint density at radius 1 is 1.00 bits per heavy atom. The predicted octanol–water partition coefficient (Wildman–Crippen LogP) is 3.93. The van der Waals surface area contributed by atoms with E-state index in [0.29, 0.717) is 0 Å². The van der Waals surface area contributed by atoms with Gasteiger partial charge in [-0.25, -0.2) is 0 Å². The van der Waals surface area contributed by atoms with E-state index in [2.05, 4.69) is 22.3 Å². The third-order valence-corrected chi connectivity index (χ3v) is 4.05. The van der Waals surface area contributed by atoms with E-state index >= 15 is 0 Å². The molecule has 0 spiro atoms. The number of nitrogens with one attached hydrogen (secondary N) is 1. The van der Waals surface area contributed by atoms with Crippen molar-refractivity contribution in [3.63, 3.8) is 0 Å². The van der Waals surface area contributed by atoms with Crippen LogP contribution < -0.4 is 5.32 Å². The van der Waals surface area contributed by atoms with E-state index in [0.717, 1.165) is 17.8 Å². The predicted molar refractivity (Wildman–Crippen MR) is 95.1 cm³/mol. The highest BCUT2D eigenvalue weighted by molar-refractivity contribution is 6.01. The number of benzene rings is 2. The van der Waals surface area contributed by atoms with Crippen LogP contribution in [0, 0.1) is 0 Å². The number of rotatable bonds is 5. The van der Waals surface area contributed by atoms with Gasteiger partial charge in [-0.2, -0.15) is 0 Å². The van der Waals surface area contributed by atoms with E-state index in [4.69, 9.17) is 0 Å². The summed E-state index contributed by atoms with van der Waals surface area (Å²) in [5, 5.41) is 2.89. The van der Waals surface area contributed by atoms with Crippen molar-refractivity contribution in [1.82, 2.24) is 4.90 Å². The molecule has 1 saturated heterocycles. The molecule has 1 amide bonds. The second-order valence-corrected chi connectivity index (χ2v) is 5.91. The highest BCUT2D eigenvalue weighted by Gasteiger charge is 2.11. The molecule has 0 bridgehead atoms. The Hall–Kier alpha value is -2.39. The molecule has 3 nitrogen and oxygen atoms in total. The Morgan fingerprint density at radius 2 is 1.70 bits per heavy atom. The van der Waals surface area contributed by atoms with Crippen LogP contribution in [0.15, 0.2) is 60.7 Å². The largest absolute Gasteiger partial charge is 0.323 e. The fourth-order valence-corrected chi connectivity index (χ4v) is 2.81. The summed E-state index contributed by atoms with van der Waals surface area (Å²) in [6.45, 7) is 3.40. The number of hydrogen-bond donors (Lipinski definition) is 1. The Balaban J connectivity index is 1.53. The van der Waals surface area contributed by atoms with Gasteiger partial charge in [-0.3, -0.25) is 9.69 Å². The molecular formula is C20H22N2O. The number of anilines is 1. The Kier molecular flexibility index (Phi) is 5.22. The third-order valence-electron chi connectivity index (χ3n) is 4.05. The van der Waals surface area contributed by atoms with Crippen molar-refractivity contribution in [2.75, 3.05) is 18.4 Å². The van der Waals surface area contributed by atoms with Crippen LogP contribution in [0.5, 0.6) is 0 Å². The van der Waals surface area contributed by atoms with Gasteiger partial charge in [-0.05, 0) is 55.3 Å². The second kappa shape index (κ2) is 7.75. The van der Waals surface area contributed by atoms with Crippen LogP contribution in [0.3, 0.4) is 0 Å². The van der Waals surface area contributed by atoms with Crippen LogP contribution in [0.25, 0.3) is 6.08 Å². The summed E-state index contributed by atoms with van der Waals surface area (Å²) >= 11 is 0. The molecule has 2 aromatic carbocycles. The van der Waals surface area contributed by atoms with Gasteiger partial charge < -0.3 is 5.32 Å². The van der Waals surface area contributed by atoms with E-state index < -0.39 is 0 Å². The SMILES string of the molecule is O=C(/C=C/c1ccccc1)Nc1ccc(CN2CCCC2)cc1. The molecule has 0 atom stereocenters. The first kappa shape index (κ1) is 15.5. The smallest absolute Gasteiger partial charge is 0.248 e. The average Bonchev–Trinajstić information content (AvgIpc) is 3.09. The summed E-state index contributed by atoms with van der Waals surface area (Å²) < 4.78 is 0. The van der Waals surface area contributed by atoms with E-state index in [1.807, 2.05) is 48.5 Å². The first-order chi connectivity index (χ1) is 11.3. The minimum Gasteiger partial charge on any atom is -0.323 e. The molecule has 2 aromatic rings. The molecule has 1 N–H and O–H groups in total. The van der Waals surface area contributed by atoms with Crippen LogP contribution in [0.1, 0.15) is 24.0 Å². The first-order valence-electron chi connectivity index (χ1n) is 8.15. The van der Waals surface area contributed by atoms with Crippen molar-refractivity contribution >= 4 is 17.7 Å². The molecule has 118 valence electrons. The molecular weight excluding hydrogens is 284 g/mol. The lowest BCUT2D eigenvalue weighted by Crippen LogP contribution is -2.18. The zero-order valence-corrected chi connectivity index (χ0v) is 13.2. The Bertz CT molecular complexity index is 656. The molecule has 3 rings (SSSR count). The van der Waals surface area contributed by atoms with E-state index in [-0.39, 0.29) is 5.91 Å². The van der Waals surface area contributed by atoms with Crippen LogP contribution in [-0.4, -0.2) is 23.9 Å². The van der Waals surface area contributed by atoms with Crippen LogP contribution in [-0.2, 0) is 11.3 Å². The zero-order chi connectivity index (χ0) is 15.9. The van der Waals surface area contributed by atoms with Gasteiger partial charge in [-0.1, -0.05) is 42.5 Å². The fraction of sp³-hybridized carbons (Fsp3) is 0.250. The van der Waals surface area contributed by atoms with Crippen LogP contribution in [0.4, 0.5) is 5.69 Å². The normalized spacial score (nSPS) is 15.1. The maximum absolute atomic E-state index is 11.9. The monoisotopic (exact) mass is 306 g/mol. The molecule has 1 fully saturated rings. The number of carbonyl (C=O) groups excluding carboxylic acids is 1. The molecule has 1 aliphatic heterocycles. The van der Waals surface area contributed by atoms with E-state index in [1.54, 1.807) is 6.08 Å². The maximum Gasteiger partial charge on any atom is 0.248 e. The average molecular weight is 306 g/mol. The van der Waals surface area contributed by atoms with Gasteiger partial charge in [0.05, 0.1) is 0 Å². The minimum atomic E-state index is -0.110. The molecule has 23 heavy (non-hydrogen) atoms. The zero-order valence-electron chi connectivity index (χ0n) is 13.2. The number of hydrogen-bond acceptors (Lipinski definition) is 2. The maximum atomic E-state index is 11.9. The molecule has 0 unspecified atom stereocenters. The van der Waals surface area contributed by atoms with Crippen molar-refractivity contribution in [2.45, 2.75) is 19.4 Å². The van der Waals surface area contributed by atoms with Crippen molar-refractivity contribution < 1.29 is 4.79 Å². The van der Waals surface area contributed by atoms with Crippen LogP contribution >= 0.6 is 0 Å². The summed E-state index contributed by atoms with van der Waals surface area (Å²) in [5.41, 5.74) is 3.14. The lowest BCUT2D eigenvalue weighted by atomic mass is 10.2. The molecule has 1 heterocycles. The summed E-state index contributed by atoms with van der Waals surface area (Å²) in [6, 6.07) is 17.9. The molecule has 0 aliphatic carbocycles. The third kappa shape index (κ3) is 4.80. The van der Waals surface area contributed by atoms with Crippen LogP contribution in [0.2, 0.25) is 0 Å². The fourth-order valence-electron chi connectivity index (χ4n) is 2.81. The number of amides is 1. The highest BCUT2D eigenvalue weighted by Crippen LogP contribution is 2.15. The van der Waals surface area contributed by atoms with Crippen molar-refractivity contribution in [3.8, 4) is 0 Å². The number of carbonyl (C=O) groups is 1. The van der Waals surface area contributed by atoms with Gasteiger partial charge in [0.2, 0.25) is 5.91 Å². The summed E-state index contributed by atoms with van der Waals surface area (Å²) in [7, 11) is 0. The first-order valence-corrected chi connectivity index (χ1v) is 8.15. The second-order valence-electron chi connectivity index (χ2n) is 5.91. The molecule has 0 saturated carbocycles. The Labute approximate surface area is 137 Å². The number of likely N-dealkylation sites (tertiary alicyclic amines) is 1. The summed E-state index contributed by atoms with van der Waals surface area (Å²) in [4.78, 5) is 14.4. The van der Waals surface area contributed by atoms with Gasteiger partial charge in [0.1, 0.15) is 0 Å². The molecule has 1 aliphatic rings. The topological polar surface area (TPSA) is 32.3 Å². The lowest BCUT2D eigenvalue weighted by molar-refractivity contribution is -0.111. The quantitative estimate of drug-likeness (QED) is 0.849. The molecule has 0 radical (unpaired) electrons. The van der Waals surface area contributed by atoms with Gasteiger partial charge >= 0.3 is 0 Å². The van der Waals surface area contributed by atoms with Gasteiger partial charge in [0.25, 0.3) is 0 Å². The summed E-state index contributed by atoms with van der Waals surface area (Å²) in [5.74, 6) is -0.110. The lowest BCUT2D eigenvalue weighted by Gasteiger charge is -2.14. The van der Waals surface area contributed by atoms with E-state index in [9.17, 15) is 4.79 Å². The van der Waals surface area contributed by atoms with Crippen molar-refractivity contribution in [1.29, 1.82) is 0 Å². The minimum absolute atomic E-state index is 0.110.